The van der Waals surface area contributed by atoms with E-state index in [2.05, 4.69) is 43.9 Å². The maximum atomic E-state index is 14.1. The third-order valence-corrected chi connectivity index (χ3v) is 5.27. The van der Waals surface area contributed by atoms with Crippen LogP contribution in [0.2, 0.25) is 0 Å². The fourth-order valence-corrected chi connectivity index (χ4v) is 3.75. The van der Waals surface area contributed by atoms with Gasteiger partial charge in [-0.1, -0.05) is 24.3 Å². The molecule has 0 amide bonds. The van der Waals surface area contributed by atoms with E-state index in [4.69, 9.17) is 0 Å². The highest BCUT2D eigenvalue weighted by Gasteiger charge is 2.25. The van der Waals surface area contributed by atoms with Gasteiger partial charge in [-0.2, -0.15) is 5.10 Å². The lowest BCUT2D eigenvalue weighted by Gasteiger charge is -2.21. The van der Waals surface area contributed by atoms with Gasteiger partial charge in [-0.25, -0.2) is 18.4 Å². The molecule has 1 saturated heterocycles. The monoisotopic (exact) mass is 425 g/mol. The average molecular weight is 425 g/mol. The van der Waals surface area contributed by atoms with Crippen molar-refractivity contribution in [3.05, 3.63) is 77.9 Å². The molecule has 2 aromatic carbocycles. The molecule has 1 unspecified atom stereocenters. The molecule has 4 rings (SSSR count). The molecular weight excluding hydrogens is 400 g/mol. The van der Waals surface area contributed by atoms with Crippen LogP contribution >= 0.6 is 0 Å². The summed E-state index contributed by atoms with van der Waals surface area (Å²) < 4.78 is 29.0. The minimum absolute atomic E-state index is 0.120. The average Bonchev–Trinajstić information content (AvgIpc) is 3.43. The second-order valence-electron chi connectivity index (χ2n) is 7.51. The highest BCUT2D eigenvalue weighted by molar-refractivity contribution is 5.80. The van der Waals surface area contributed by atoms with Crippen LogP contribution in [0.4, 0.5) is 14.5 Å². The Balaban J connectivity index is 1.30. The van der Waals surface area contributed by atoms with Crippen LogP contribution in [0.15, 0.2) is 60.1 Å². The van der Waals surface area contributed by atoms with Crippen molar-refractivity contribution >= 4 is 11.6 Å². The Bertz CT molecular complexity index is 1040. The van der Waals surface area contributed by atoms with Gasteiger partial charge in [0.2, 0.25) is 0 Å². The molecule has 162 valence electrons. The molecule has 31 heavy (non-hydrogen) atoms. The number of benzene rings is 2. The van der Waals surface area contributed by atoms with Crippen LogP contribution in [0, 0.1) is 11.6 Å². The van der Waals surface area contributed by atoms with E-state index in [1.165, 1.54) is 18.5 Å². The third-order valence-electron chi connectivity index (χ3n) is 5.27. The molecule has 2 N–H and O–H groups in total. The number of anilines is 1. The van der Waals surface area contributed by atoms with Gasteiger partial charge < -0.3 is 15.5 Å². The van der Waals surface area contributed by atoms with Gasteiger partial charge in [-0.3, -0.25) is 4.99 Å². The number of nitrogens with zero attached hydrogens (tertiary/aromatic N) is 5. The highest BCUT2D eigenvalue weighted by Crippen LogP contribution is 2.24. The number of aliphatic imine (C=N–C) groups is 1. The van der Waals surface area contributed by atoms with Crippen LogP contribution in [-0.2, 0) is 13.1 Å². The normalized spacial score (nSPS) is 16.5. The Labute approximate surface area is 179 Å². The Kier molecular flexibility index (Phi) is 6.40. The fraction of sp³-hybridized carbons (Fsp3) is 0.318. The quantitative estimate of drug-likeness (QED) is 0.469. The van der Waals surface area contributed by atoms with Crippen molar-refractivity contribution in [3.8, 4) is 0 Å². The molecule has 0 aliphatic carbocycles. The lowest BCUT2D eigenvalue weighted by Crippen LogP contribution is -2.44. The van der Waals surface area contributed by atoms with E-state index in [0.29, 0.717) is 37.8 Å². The Morgan fingerprint density at radius 1 is 1.19 bits per heavy atom. The second-order valence-corrected chi connectivity index (χ2v) is 7.51. The van der Waals surface area contributed by atoms with Crippen molar-refractivity contribution in [2.75, 3.05) is 25.0 Å². The fourth-order valence-electron chi connectivity index (χ4n) is 3.75. The number of guanidine groups is 1. The summed E-state index contributed by atoms with van der Waals surface area (Å²) in [6.45, 7) is 2.60. The van der Waals surface area contributed by atoms with E-state index in [1.807, 2.05) is 11.0 Å². The van der Waals surface area contributed by atoms with E-state index in [1.54, 1.807) is 18.1 Å². The second kappa shape index (κ2) is 9.55. The molecule has 0 bridgehead atoms. The summed E-state index contributed by atoms with van der Waals surface area (Å²) in [4.78, 5) is 10.2. The van der Waals surface area contributed by atoms with Crippen molar-refractivity contribution in [3.63, 3.8) is 0 Å². The largest absolute Gasteiger partial charge is 0.367 e. The van der Waals surface area contributed by atoms with E-state index >= 15 is 0 Å². The standard InChI is InChI=1S/C22H25F2N7/c1-25-22(27-11-16-3-2-4-17(9-16)12-31-15-26-14-28-31)29-19-7-8-30(13-19)21-6-5-18(23)10-20(21)24/h2-6,9-10,14-15,19H,7-8,11-13H2,1H3,(H2,25,27,29). The van der Waals surface area contributed by atoms with Crippen LogP contribution in [-0.4, -0.2) is 46.9 Å². The predicted molar refractivity (Wildman–Crippen MR) is 116 cm³/mol. The van der Waals surface area contributed by atoms with Crippen molar-refractivity contribution < 1.29 is 8.78 Å². The topological polar surface area (TPSA) is 70.4 Å². The van der Waals surface area contributed by atoms with Crippen LogP contribution in [0.3, 0.4) is 0 Å². The number of hydrogen-bond donors (Lipinski definition) is 2. The van der Waals surface area contributed by atoms with Crippen LogP contribution in [0.5, 0.6) is 0 Å². The maximum absolute atomic E-state index is 14.1. The SMILES string of the molecule is CN=C(NCc1cccc(Cn2cncn2)c1)NC1CCN(c2ccc(F)cc2F)C1. The number of aromatic nitrogens is 3. The smallest absolute Gasteiger partial charge is 0.191 e. The molecule has 3 aromatic rings. The zero-order chi connectivity index (χ0) is 21.6. The van der Waals surface area contributed by atoms with Gasteiger partial charge in [-0.15, -0.1) is 0 Å². The number of nitrogens with one attached hydrogen (secondary N) is 2. The lowest BCUT2D eigenvalue weighted by molar-refractivity contribution is 0.580. The molecule has 1 atom stereocenters. The van der Waals surface area contributed by atoms with Gasteiger partial charge in [0.15, 0.2) is 5.96 Å². The first-order valence-electron chi connectivity index (χ1n) is 10.2. The minimum atomic E-state index is -0.565. The van der Waals surface area contributed by atoms with Gasteiger partial charge in [0, 0.05) is 38.8 Å². The Hall–Kier alpha value is -3.49. The van der Waals surface area contributed by atoms with E-state index < -0.39 is 11.6 Å². The molecule has 0 saturated carbocycles. The summed E-state index contributed by atoms with van der Waals surface area (Å²) in [6, 6.07) is 12.1. The zero-order valence-electron chi connectivity index (χ0n) is 17.3. The predicted octanol–water partition coefficient (Wildman–Crippen LogP) is 2.55. The van der Waals surface area contributed by atoms with Crippen LogP contribution in [0.25, 0.3) is 0 Å². The van der Waals surface area contributed by atoms with Crippen molar-refractivity contribution in [2.45, 2.75) is 25.6 Å². The summed E-state index contributed by atoms with van der Waals surface area (Å²) in [6.07, 6.45) is 4.06. The van der Waals surface area contributed by atoms with Gasteiger partial charge in [0.25, 0.3) is 0 Å². The summed E-state index contributed by atoms with van der Waals surface area (Å²) in [5, 5.41) is 10.9. The van der Waals surface area contributed by atoms with E-state index in [9.17, 15) is 8.78 Å². The van der Waals surface area contributed by atoms with Gasteiger partial charge in [-0.05, 0) is 29.7 Å². The summed E-state index contributed by atoms with van der Waals surface area (Å²) in [5.74, 6) is -0.410. The van der Waals surface area contributed by atoms with Crippen molar-refractivity contribution in [1.82, 2.24) is 25.4 Å². The molecule has 1 aliphatic rings. The number of hydrogen-bond acceptors (Lipinski definition) is 4. The van der Waals surface area contributed by atoms with Crippen LogP contribution in [0.1, 0.15) is 17.5 Å². The van der Waals surface area contributed by atoms with E-state index in [0.717, 1.165) is 23.6 Å². The summed E-state index contributed by atoms with van der Waals surface area (Å²) >= 11 is 0. The van der Waals surface area contributed by atoms with Gasteiger partial charge in [0.05, 0.1) is 12.2 Å². The first kappa shape index (κ1) is 20.8. The lowest BCUT2D eigenvalue weighted by atomic mass is 10.1. The minimum Gasteiger partial charge on any atom is -0.367 e. The molecule has 0 spiro atoms. The third kappa shape index (κ3) is 5.36. The first-order valence-corrected chi connectivity index (χ1v) is 10.2. The van der Waals surface area contributed by atoms with E-state index in [-0.39, 0.29) is 6.04 Å². The molecule has 1 fully saturated rings. The molecule has 9 heteroatoms. The molecule has 0 radical (unpaired) electrons. The zero-order valence-corrected chi connectivity index (χ0v) is 17.3. The number of rotatable bonds is 6. The van der Waals surface area contributed by atoms with Crippen molar-refractivity contribution in [2.24, 2.45) is 4.99 Å². The van der Waals surface area contributed by atoms with Crippen LogP contribution < -0.4 is 15.5 Å². The van der Waals surface area contributed by atoms with Gasteiger partial charge in [0.1, 0.15) is 24.3 Å². The summed E-state index contributed by atoms with van der Waals surface area (Å²) in [7, 11) is 1.73. The maximum Gasteiger partial charge on any atom is 0.191 e. The Morgan fingerprint density at radius 2 is 2.06 bits per heavy atom. The highest BCUT2D eigenvalue weighted by atomic mass is 19.1. The molecular formula is C22H25F2N7. The molecule has 1 aliphatic heterocycles. The summed E-state index contributed by atoms with van der Waals surface area (Å²) in [5.41, 5.74) is 2.69. The first-order chi connectivity index (χ1) is 15.1. The molecule has 7 nitrogen and oxygen atoms in total. The Morgan fingerprint density at radius 3 is 2.84 bits per heavy atom. The number of halogens is 2. The molecule has 2 heterocycles. The molecule has 1 aromatic heterocycles. The van der Waals surface area contributed by atoms with Crippen molar-refractivity contribution in [1.29, 1.82) is 0 Å². The van der Waals surface area contributed by atoms with Gasteiger partial charge >= 0.3 is 0 Å².